The van der Waals surface area contributed by atoms with Crippen LogP contribution in [0.15, 0.2) is 47.7 Å². The average molecular weight is 313 g/mol. The minimum absolute atomic E-state index is 0.133. The zero-order valence-corrected chi connectivity index (χ0v) is 13.2. The number of carbonyl (C=O) groups excluding carboxylic acids is 1. The predicted octanol–water partition coefficient (Wildman–Crippen LogP) is 2.42. The van der Waals surface area contributed by atoms with Gasteiger partial charge in [-0.1, -0.05) is 0 Å². The van der Waals surface area contributed by atoms with Crippen LogP contribution in [0.25, 0.3) is 0 Å². The fourth-order valence-electron chi connectivity index (χ4n) is 1.97. The third kappa shape index (κ3) is 4.29. The van der Waals surface area contributed by atoms with Crippen LogP contribution < -0.4 is 15.2 Å². The summed E-state index contributed by atoms with van der Waals surface area (Å²) in [7, 11) is 0. The van der Waals surface area contributed by atoms with Crippen molar-refractivity contribution in [2.45, 2.75) is 13.8 Å². The molecule has 2 N–H and O–H groups in total. The van der Waals surface area contributed by atoms with Crippen LogP contribution >= 0.6 is 0 Å². The molecule has 0 atom stereocenters. The lowest BCUT2D eigenvalue weighted by molar-refractivity contribution is 0.0999. The predicted molar refractivity (Wildman–Crippen MR) is 88.1 cm³/mol. The van der Waals surface area contributed by atoms with Gasteiger partial charge in [-0.2, -0.15) is 4.99 Å². The number of amidine groups is 1. The third-order valence-corrected chi connectivity index (χ3v) is 2.99. The van der Waals surface area contributed by atoms with Gasteiger partial charge in [0.05, 0.1) is 18.8 Å². The molecule has 0 aliphatic heterocycles. The molecule has 2 aromatic rings. The minimum Gasteiger partial charge on any atom is -0.494 e. The zero-order chi connectivity index (χ0) is 16.7. The molecule has 6 nitrogen and oxygen atoms in total. The summed E-state index contributed by atoms with van der Waals surface area (Å²) < 4.78 is 10.9. The lowest BCUT2D eigenvalue weighted by Gasteiger charge is -2.10. The van der Waals surface area contributed by atoms with Gasteiger partial charge < -0.3 is 15.2 Å². The largest absolute Gasteiger partial charge is 0.494 e. The first kappa shape index (κ1) is 16.5. The minimum atomic E-state index is -0.467. The van der Waals surface area contributed by atoms with E-state index in [1.54, 1.807) is 42.7 Å². The molecule has 0 aliphatic carbocycles. The van der Waals surface area contributed by atoms with Crippen LogP contribution in [-0.2, 0) is 0 Å². The molecule has 0 saturated heterocycles. The molecule has 0 spiro atoms. The average Bonchev–Trinajstić information content (AvgIpc) is 2.56. The van der Waals surface area contributed by atoms with Gasteiger partial charge in [0.1, 0.15) is 17.3 Å². The highest BCUT2D eigenvalue weighted by Crippen LogP contribution is 2.26. The van der Waals surface area contributed by atoms with E-state index in [2.05, 4.69) is 9.98 Å². The molecular weight excluding hydrogens is 294 g/mol. The third-order valence-electron chi connectivity index (χ3n) is 2.99. The fraction of sp³-hybridized carbons (Fsp3) is 0.235. The molecule has 1 aromatic carbocycles. The molecule has 0 radical (unpaired) electrons. The first-order valence-electron chi connectivity index (χ1n) is 7.34. The zero-order valence-electron chi connectivity index (χ0n) is 13.2. The number of hydrogen-bond acceptors (Lipinski definition) is 4. The number of amides is 1. The molecule has 0 unspecified atom stereocenters. The van der Waals surface area contributed by atoms with Gasteiger partial charge in [0, 0.05) is 24.0 Å². The van der Waals surface area contributed by atoms with E-state index in [9.17, 15) is 4.79 Å². The van der Waals surface area contributed by atoms with Crippen molar-refractivity contribution < 1.29 is 14.3 Å². The van der Waals surface area contributed by atoms with E-state index in [0.717, 1.165) is 0 Å². The molecule has 120 valence electrons. The molecule has 0 fully saturated rings. The Morgan fingerprint density at radius 1 is 1.13 bits per heavy atom. The van der Waals surface area contributed by atoms with Crippen LogP contribution in [0.2, 0.25) is 0 Å². The van der Waals surface area contributed by atoms with Crippen molar-refractivity contribution in [3.8, 4) is 11.5 Å². The molecular formula is C17H19N3O3. The van der Waals surface area contributed by atoms with Crippen molar-refractivity contribution in [3.05, 3.63) is 53.9 Å². The maximum Gasteiger partial charge on any atom is 0.282 e. The van der Waals surface area contributed by atoms with Crippen LogP contribution in [0.1, 0.15) is 29.8 Å². The summed E-state index contributed by atoms with van der Waals surface area (Å²) in [5.74, 6) is 0.729. The Kier molecular flexibility index (Phi) is 5.68. The van der Waals surface area contributed by atoms with Crippen molar-refractivity contribution >= 4 is 11.7 Å². The Morgan fingerprint density at radius 2 is 1.83 bits per heavy atom. The second-order valence-corrected chi connectivity index (χ2v) is 4.56. The highest BCUT2D eigenvalue weighted by atomic mass is 16.5. The number of nitrogens with zero attached hydrogens (tertiary/aromatic N) is 2. The lowest BCUT2D eigenvalue weighted by Crippen LogP contribution is -2.16. The first-order valence-corrected chi connectivity index (χ1v) is 7.34. The Bertz CT molecular complexity index is 699. The van der Waals surface area contributed by atoms with Gasteiger partial charge >= 0.3 is 0 Å². The Balaban J connectivity index is 2.31. The number of benzene rings is 1. The second-order valence-electron chi connectivity index (χ2n) is 4.56. The summed E-state index contributed by atoms with van der Waals surface area (Å²) >= 11 is 0. The van der Waals surface area contributed by atoms with E-state index < -0.39 is 5.91 Å². The highest BCUT2D eigenvalue weighted by molar-refractivity contribution is 6.09. The topological polar surface area (TPSA) is 86.8 Å². The molecule has 0 bridgehead atoms. The van der Waals surface area contributed by atoms with Crippen LogP contribution in [0.4, 0.5) is 0 Å². The maximum absolute atomic E-state index is 12.4. The SMILES string of the molecule is CCOc1ccc(C(=O)N=C(N)c2ccncc2)c(OCC)c1. The maximum atomic E-state index is 12.4. The van der Waals surface area contributed by atoms with E-state index in [1.807, 2.05) is 13.8 Å². The van der Waals surface area contributed by atoms with Crippen LogP contribution in [0.5, 0.6) is 11.5 Å². The molecule has 6 heteroatoms. The summed E-state index contributed by atoms with van der Waals surface area (Å²) in [6.07, 6.45) is 3.18. The molecule has 1 amide bonds. The summed E-state index contributed by atoms with van der Waals surface area (Å²) in [6, 6.07) is 8.39. The van der Waals surface area contributed by atoms with Gasteiger partial charge in [-0.3, -0.25) is 9.78 Å². The van der Waals surface area contributed by atoms with Crippen molar-refractivity contribution in [1.29, 1.82) is 0 Å². The quantitative estimate of drug-likeness (QED) is 0.654. The summed E-state index contributed by atoms with van der Waals surface area (Å²) in [5.41, 5.74) is 6.85. The van der Waals surface area contributed by atoms with Gasteiger partial charge in [0.25, 0.3) is 5.91 Å². The Morgan fingerprint density at radius 3 is 2.48 bits per heavy atom. The summed E-state index contributed by atoms with van der Waals surface area (Å²) in [4.78, 5) is 20.2. The van der Waals surface area contributed by atoms with Crippen LogP contribution in [0.3, 0.4) is 0 Å². The molecule has 0 aliphatic rings. The summed E-state index contributed by atoms with van der Waals surface area (Å²) in [5, 5.41) is 0. The smallest absolute Gasteiger partial charge is 0.282 e. The van der Waals surface area contributed by atoms with Crippen molar-refractivity contribution in [2.24, 2.45) is 10.7 Å². The number of hydrogen-bond donors (Lipinski definition) is 1. The molecule has 1 aromatic heterocycles. The van der Waals surface area contributed by atoms with Crippen LogP contribution in [-0.4, -0.2) is 29.9 Å². The fourth-order valence-corrected chi connectivity index (χ4v) is 1.97. The van der Waals surface area contributed by atoms with Crippen molar-refractivity contribution in [1.82, 2.24) is 4.98 Å². The Hall–Kier alpha value is -2.89. The monoisotopic (exact) mass is 313 g/mol. The standard InChI is InChI=1S/C17H19N3O3/c1-3-22-13-5-6-14(15(11-13)23-4-2)17(21)20-16(18)12-7-9-19-10-8-12/h5-11H,3-4H2,1-2H3,(H2,18,20,21). The molecule has 0 saturated carbocycles. The van der Waals surface area contributed by atoms with Gasteiger partial charge in [-0.05, 0) is 38.1 Å². The van der Waals surface area contributed by atoms with Crippen molar-refractivity contribution in [2.75, 3.05) is 13.2 Å². The number of aliphatic imine (C=N–C) groups is 1. The Labute approximate surface area is 135 Å². The lowest BCUT2D eigenvalue weighted by atomic mass is 10.1. The number of pyridine rings is 1. The van der Waals surface area contributed by atoms with Gasteiger partial charge in [0.15, 0.2) is 0 Å². The molecule has 2 rings (SSSR count). The summed E-state index contributed by atoms with van der Waals surface area (Å²) in [6.45, 7) is 4.70. The number of aromatic nitrogens is 1. The van der Waals surface area contributed by atoms with E-state index in [0.29, 0.717) is 35.8 Å². The van der Waals surface area contributed by atoms with E-state index >= 15 is 0 Å². The molecule has 1 heterocycles. The van der Waals surface area contributed by atoms with E-state index in [-0.39, 0.29) is 5.84 Å². The number of rotatable bonds is 6. The van der Waals surface area contributed by atoms with Gasteiger partial charge in [0.2, 0.25) is 0 Å². The second kappa shape index (κ2) is 7.93. The van der Waals surface area contributed by atoms with E-state index in [4.69, 9.17) is 15.2 Å². The molecule has 23 heavy (non-hydrogen) atoms. The van der Waals surface area contributed by atoms with Crippen LogP contribution in [0, 0.1) is 0 Å². The van der Waals surface area contributed by atoms with E-state index in [1.165, 1.54) is 0 Å². The number of nitrogens with two attached hydrogens (primary N) is 1. The van der Waals surface area contributed by atoms with Gasteiger partial charge in [-0.15, -0.1) is 0 Å². The van der Waals surface area contributed by atoms with Crippen molar-refractivity contribution in [3.63, 3.8) is 0 Å². The highest BCUT2D eigenvalue weighted by Gasteiger charge is 2.14. The number of ether oxygens (including phenoxy) is 2. The normalized spacial score (nSPS) is 11.1. The van der Waals surface area contributed by atoms with Gasteiger partial charge in [-0.25, -0.2) is 0 Å². The first-order chi connectivity index (χ1) is 11.2. The number of carbonyl (C=O) groups is 1.